The van der Waals surface area contributed by atoms with Crippen LogP contribution in [0.25, 0.3) is 0 Å². The minimum atomic E-state index is -0.0981. The third kappa shape index (κ3) is 3.08. The van der Waals surface area contributed by atoms with Crippen LogP contribution in [0.2, 0.25) is 0 Å². The molecule has 1 aromatic heterocycles. The Morgan fingerprint density at radius 2 is 2.44 bits per heavy atom. The van der Waals surface area contributed by atoms with Gasteiger partial charge in [0.05, 0.1) is 31.1 Å². The van der Waals surface area contributed by atoms with Crippen LogP contribution in [0.3, 0.4) is 0 Å². The Labute approximate surface area is 107 Å². The van der Waals surface area contributed by atoms with E-state index >= 15 is 0 Å². The summed E-state index contributed by atoms with van der Waals surface area (Å²) in [5.41, 5.74) is 0.634. The fourth-order valence-corrected chi connectivity index (χ4v) is 2.08. The number of hydrogen-bond acceptors (Lipinski definition) is 5. The summed E-state index contributed by atoms with van der Waals surface area (Å²) in [7, 11) is 1.77. The zero-order chi connectivity index (χ0) is 13.0. The molecule has 1 aromatic rings. The summed E-state index contributed by atoms with van der Waals surface area (Å²) in [5, 5.41) is 7.04. The number of aromatic nitrogens is 2. The van der Waals surface area contributed by atoms with Crippen molar-refractivity contribution in [2.24, 2.45) is 0 Å². The molecule has 18 heavy (non-hydrogen) atoms. The largest absolute Gasteiger partial charge is 0.387 e. The third-order valence-electron chi connectivity index (χ3n) is 3.20. The summed E-state index contributed by atoms with van der Waals surface area (Å²) in [6.07, 6.45) is 1.70. The van der Waals surface area contributed by atoms with Gasteiger partial charge in [0.15, 0.2) is 0 Å². The van der Waals surface area contributed by atoms with Gasteiger partial charge in [0.25, 0.3) is 5.56 Å². The maximum atomic E-state index is 11.8. The quantitative estimate of drug-likeness (QED) is 0.817. The van der Waals surface area contributed by atoms with Gasteiger partial charge in [0.2, 0.25) is 0 Å². The lowest BCUT2D eigenvalue weighted by Gasteiger charge is -2.31. The average Bonchev–Trinajstić information content (AvgIpc) is 2.41. The second kappa shape index (κ2) is 5.97. The van der Waals surface area contributed by atoms with Gasteiger partial charge in [-0.1, -0.05) is 6.92 Å². The van der Waals surface area contributed by atoms with Crippen molar-refractivity contribution in [3.63, 3.8) is 0 Å². The van der Waals surface area contributed by atoms with Crippen LogP contribution in [0.1, 0.15) is 6.92 Å². The van der Waals surface area contributed by atoms with Crippen LogP contribution in [-0.4, -0.2) is 54.1 Å². The normalized spacial score (nSPS) is 20.9. The van der Waals surface area contributed by atoms with Crippen LogP contribution in [-0.2, 0) is 11.3 Å². The Kier molecular flexibility index (Phi) is 4.33. The molecule has 0 aromatic carbocycles. The lowest BCUT2D eigenvalue weighted by molar-refractivity contribution is -0.0364. The fourth-order valence-electron chi connectivity index (χ4n) is 2.08. The lowest BCUT2D eigenvalue weighted by atomic mass is 10.2. The number of hydrogen-bond donors (Lipinski definition) is 1. The molecule has 0 amide bonds. The van der Waals surface area contributed by atoms with Gasteiger partial charge in [-0.25, -0.2) is 4.68 Å². The molecular formula is C12H20N4O2. The van der Waals surface area contributed by atoms with Gasteiger partial charge in [-0.05, 0) is 6.54 Å². The lowest BCUT2D eigenvalue weighted by Crippen LogP contribution is -2.45. The molecular weight excluding hydrogens is 232 g/mol. The maximum absolute atomic E-state index is 11.8. The Morgan fingerprint density at radius 1 is 1.61 bits per heavy atom. The van der Waals surface area contributed by atoms with Gasteiger partial charge < -0.3 is 10.1 Å². The molecule has 1 N–H and O–H groups in total. The summed E-state index contributed by atoms with van der Waals surface area (Å²) >= 11 is 0. The maximum Gasteiger partial charge on any atom is 0.268 e. The van der Waals surface area contributed by atoms with Crippen LogP contribution in [0, 0.1) is 0 Å². The summed E-state index contributed by atoms with van der Waals surface area (Å²) in [5.74, 6) is 0. The van der Waals surface area contributed by atoms with Crippen LogP contribution in [0.5, 0.6) is 0 Å². The highest BCUT2D eigenvalue weighted by Crippen LogP contribution is 2.06. The molecule has 2 rings (SSSR count). The highest BCUT2D eigenvalue weighted by Gasteiger charge is 2.20. The molecule has 1 aliphatic rings. The monoisotopic (exact) mass is 252 g/mol. The van der Waals surface area contributed by atoms with Crippen molar-refractivity contribution >= 4 is 5.69 Å². The molecule has 0 aliphatic carbocycles. The minimum Gasteiger partial charge on any atom is -0.387 e. The van der Waals surface area contributed by atoms with E-state index in [-0.39, 0.29) is 11.7 Å². The van der Waals surface area contributed by atoms with E-state index in [0.29, 0.717) is 6.54 Å². The fraction of sp³-hybridized carbons (Fsp3) is 0.667. The van der Waals surface area contributed by atoms with E-state index in [1.807, 2.05) is 0 Å². The molecule has 1 atom stereocenters. The molecule has 0 bridgehead atoms. The van der Waals surface area contributed by atoms with Crippen molar-refractivity contribution in [2.45, 2.75) is 19.6 Å². The number of anilines is 1. The van der Waals surface area contributed by atoms with E-state index in [0.717, 1.165) is 31.9 Å². The summed E-state index contributed by atoms with van der Waals surface area (Å²) < 4.78 is 7.13. The third-order valence-corrected chi connectivity index (χ3v) is 3.20. The molecule has 6 nitrogen and oxygen atoms in total. The molecule has 1 aliphatic heterocycles. The topological polar surface area (TPSA) is 59.4 Å². The van der Waals surface area contributed by atoms with E-state index in [1.165, 1.54) is 4.68 Å². The molecule has 1 fully saturated rings. The zero-order valence-electron chi connectivity index (χ0n) is 10.9. The second-order valence-electron chi connectivity index (χ2n) is 4.40. The summed E-state index contributed by atoms with van der Waals surface area (Å²) in [6.45, 7) is 6.21. The van der Waals surface area contributed by atoms with Gasteiger partial charge >= 0.3 is 0 Å². The Bertz CT molecular complexity index is 446. The van der Waals surface area contributed by atoms with Gasteiger partial charge in [0.1, 0.15) is 0 Å². The van der Waals surface area contributed by atoms with Crippen molar-refractivity contribution in [3.05, 3.63) is 22.6 Å². The predicted molar refractivity (Wildman–Crippen MR) is 69.9 cm³/mol. The molecule has 100 valence electrons. The van der Waals surface area contributed by atoms with Crippen molar-refractivity contribution in [3.8, 4) is 0 Å². The van der Waals surface area contributed by atoms with E-state index < -0.39 is 0 Å². The van der Waals surface area contributed by atoms with E-state index in [1.54, 1.807) is 19.3 Å². The molecule has 1 saturated heterocycles. The van der Waals surface area contributed by atoms with E-state index in [2.05, 4.69) is 22.2 Å². The predicted octanol–water partition coefficient (Wildman–Crippen LogP) is 0.00570. The Morgan fingerprint density at radius 3 is 3.11 bits per heavy atom. The highest BCUT2D eigenvalue weighted by molar-refractivity contribution is 5.37. The Hall–Kier alpha value is -1.40. The smallest absolute Gasteiger partial charge is 0.268 e. The standard InChI is InChI=1S/C12H20N4O2/c1-3-15-4-5-18-11(8-15)9-16-12(17)6-10(13-2)7-14-16/h6-7,11,13H,3-5,8-9H2,1-2H3. The first-order chi connectivity index (χ1) is 8.72. The van der Waals surface area contributed by atoms with Crippen molar-refractivity contribution in [1.29, 1.82) is 0 Å². The molecule has 0 radical (unpaired) electrons. The van der Waals surface area contributed by atoms with Crippen LogP contribution < -0.4 is 10.9 Å². The van der Waals surface area contributed by atoms with Crippen LogP contribution in [0.15, 0.2) is 17.1 Å². The van der Waals surface area contributed by atoms with Gasteiger partial charge in [-0.2, -0.15) is 5.10 Å². The van der Waals surface area contributed by atoms with E-state index in [4.69, 9.17) is 4.74 Å². The first-order valence-corrected chi connectivity index (χ1v) is 6.31. The number of rotatable bonds is 4. The van der Waals surface area contributed by atoms with Crippen LogP contribution in [0.4, 0.5) is 5.69 Å². The zero-order valence-corrected chi connectivity index (χ0v) is 10.9. The van der Waals surface area contributed by atoms with Gasteiger partial charge in [-0.3, -0.25) is 9.69 Å². The summed E-state index contributed by atoms with van der Waals surface area (Å²) in [4.78, 5) is 14.1. The minimum absolute atomic E-state index is 0.0457. The number of morpholine rings is 1. The van der Waals surface area contributed by atoms with Gasteiger partial charge in [-0.15, -0.1) is 0 Å². The highest BCUT2D eigenvalue weighted by atomic mass is 16.5. The van der Waals surface area contributed by atoms with E-state index in [9.17, 15) is 4.79 Å². The second-order valence-corrected chi connectivity index (χ2v) is 4.40. The molecule has 0 saturated carbocycles. The average molecular weight is 252 g/mol. The first kappa shape index (κ1) is 13.0. The number of nitrogens with one attached hydrogen (secondary N) is 1. The van der Waals surface area contributed by atoms with Crippen molar-refractivity contribution in [2.75, 3.05) is 38.6 Å². The molecule has 6 heteroatoms. The first-order valence-electron chi connectivity index (χ1n) is 6.31. The summed E-state index contributed by atoms with van der Waals surface area (Å²) in [6, 6.07) is 1.55. The number of ether oxygens (including phenoxy) is 1. The van der Waals surface area contributed by atoms with Crippen molar-refractivity contribution in [1.82, 2.24) is 14.7 Å². The SMILES string of the molecule is CCN1CCOC(Cn2ncc(NC)cc2=O)C1. The van der Waals surface area contributed by atoms with Gasteiger partial charge in [0, 0.05) is 26.2 Å². The number of likely N-dealkylation sites (N-methyl/N-ethyl adjacent to an activating group) is 1. The molecule has 2 heterocycles. The molecule has 0 spiro atoms. The number of nitrogens with zero attached hydrogens (tertiary/aromatic N) is 3. The van der Waals surface area contributed by atoms with Crippen molar-refractivity contribution < 1.29 is 4.74 Å². The van der Waals surface area contributed by atoms with Crippen LogP contribution >= 0.6 is 0 Å². The Balaban J connectivity index is 2.02. The molecule has 1 unspecified atom stereocenters.